The van der Waals surface area contributed by atoms with Crippen LogP contribution in [-0.4, -0.2) is 45.5 Å². The Kier molecular flexibility index (Phi) is 5.52. The van der Waals surface area contributed by atoms with E-state index in [-0.39, 0.29) is 17.5 Å². The molecule has 0 unspecified atom stereocenters. The molecule has 148 valence electrons. The van der Waals surface area contributed by atoms with Gasteiger partial charge in [0.1, 0.15) is 5.82 Å². The molecule has 10 heteroatoms. The molecule has 0 atom stereocenters. The summed E-state index contributed by atoms with van der Waals surface area (Å²) in [5, 5.41) is 10.7. The molecular weight excluding hydrogens is 363 g/mol. The van der Waals surface area contributed by atoms with Crippen molar-refractivity contribution in [2.75, 3.05) is 24.6 Å². The molecule has 1 saturated heterocycles. The van der Waals surface area contributed by atoms with Crippen LogP contribution < -0.4 is 4.90 Å². The summed E-state index contributed by atoms with van der Waals surface area (Å²) in [4.78, 5) is 14.0. The van der Waals surface area contributed by atoms with Crippen LogP contribution in [0.15, 0.2) is 12.1 Å². The summed E-state index contributed by atoms with van der Waals surface area (Å²) in [6, 6.07) is 3.07. The summed E-state index contributed by atoms with van der Waals surface area (Å²) in [6.07, 6.45) is -2.64. The number of anilines is 1. The Balaban J connectivity index is 1.63. The van der Waals surface area contributed by atoms with Crippen molar-refractivity contribution in [2.45, 2.75) is 39.3 Å². The van der Waals surface area contributed by atoms with Gasteiger partial charge in [0, 0.05) is 13.1 Å². The number of esters is 1. The Bertz CT molecular complexity index is 797. The molecule has 0 saturated carbocycles. The first kappa shape index (κ1) is 19.4. The summed E-state index contributed by atoms with van der Waals surface area (Å²) in [5.41, 5.74) is 0.0368. The number of hydrogen-bond acceptors (Lipinski definition) is 6. The van der Waals surface area contributed by atoms with E-state index < -0.39 is 12.0 Å². The molecule has 0 N–H and O–H groups in total. The number of aromatic nitrogens is 4. The van der Waals surface area contributed by atoms with Crippen LogP contribution in [0.4, 0.5) is 19.0 Å². The largest absolute Gasteiger partial charge is 0.465 e. The van der Waals surface area contributed by atoms with Crippen LogP contribution in [-0.2, 0) is 15.7 Å². The highest BCUT2D eigenvalue weighted by molar-refractivity contribution is 5.72. The molecule has 0 spiro atoms. The molecule has 1 aliphatic rings. The lowest BCUT2D eigenvalue weighted by Crippen LogP contribution is -2.37. The monoisotopic (exact) mass is 385 g/mol. The fraction of sp³-hybridized carbons (Fsp3) is 0.647. The molecule has 1 aliphatic heterocycles. The van der Waals surface area contributed by atoms with E-state index >= 15 is 0 Å². The zero-order chi connectivity index (χ0) is 19.6. The third-order valence-electron chi connectivity index (χ3n) is 4.59. The average molecular weight is 385 g/mol. The van der Waals surface area contributed by atoms with Crippen LogP contribution in [0.5, 0.6) is 0 Å². The van der Waals surface area contributed by atoms with Gasteiger partial charge in [-0.3, -0.25) is 4.79 Å². The fourth-order valence-corrected chi connectivity index (χ4v) is 2.98. The van der Waals surface area contributed by atoms with E-state index in [2.05, 4.69) is 29.1 Å². The number of hydrogen-bond donors (Lipinski definition) is 0. The number of nitrogens with zero attached hydrogens (tertiary/aromatic N) is 5. The lowest BCUT2D eigenvalue weighted by molar-refractivity contribution is -0.149. The number of rotatable bonds is 5. The van der Waals surface area contributed by atoms with Crippen molar-refractivity contribution < 1.29 is 22.7 Å². The van der Waals surface area contributed by atoms with E-state index in [0.717, 1.165) is 6.42 Å². The molecule has 2 aromatic heterocycles. The summed E-state index contributed by atoms with van der Waals surface area (Å²) in [5.74, 6) is -0.656. The highest BCUT2D eigenvalue weighted by Gasteiger charge is 2.38. The maximum absolute atomic E-state index is 13.0. The highest BCUT2D eigenvalue weighted by atomic mass is 19.4. The summed E-state index contributed by atoms with van der Waals surface area (Å²) >= 11 is 0. The lowest BCUT2D eigenvalue weighted by atomic mass is 9.97. The molecule has 0 bridgehead atoms. The molecule has 27 heavy (non-hydrogen) atoms. The number of piperidine rings is 1. The first-order chi connectivity index (χ1) is 12.8. The quantitative estimate of drug-likeness (QED) is 0.737. The minimum Gasteiger partial charge on any atom is -0.465 e. The van der Waals surface area contributed by atoms with Crippen molar-refractivity contribution in [2.24, 2.45) is 11.8 Å². The minimum absolute atomic E-state index is 0.0368. The van der Waals surface area contributed by atoms with Crippen LogP contribution in [0.3, 0.4) is 0 Å². The predicted molar refractivity (Wildman–Crippen MR) is 91.1 cm³/mol. The number of alkyl halides is 3. The van der Waals surface area contributed by atoms with E-state index in [1.54, 1.807) is 6.07 Å². The second-order valence-corrected chi connectivity index (χ2v) is 7.09. The van der Waals surface area contributed by atoms with Crippen LogP contribution in [0, 0.1) is 11.8 Å². The average Bonchev–Trinajstić information content (AvgIpc) is 3.05. The first-order valence-electron chi connectivity index (χ1n) is 8.97. The number of halogens is 3. The molecular formula is C17H22F3N5O2. The van der Waals surface area contributed by atoms with E-state index in [0.29, 0.717) is 48.8 Å². The van der Waals surface area contributed by atoms with Gasteiger partial charge in [0.15, 0.2) is 5.65 Å². The standard InChI is InChI=1S/C17H22F3N5O2/c1-11(2)7-10-27-15(26)12-5-8-24(9-6-12)14-4-3-13-21-22-16(17(18,19)20)25(13)23-14/h3-4,11-12H,5-10H2,1-2H3. The number of carbonyl (C=O) groups excluding carboxylic acids is 1. The Morgan fingerprint density at radius 1 is 1.26 bits per heavy atom. The van der Waals surface area contributed by atoms with E-state index in [1.165, 1.54) is 6.07 Å². The van der Waals surface area contributed by atoms with Gasteiger partial charge in [0.05, 0.1) is 12.5 Å². The van der Waals surface area contributed by atoms with Crippen LogP contribution in [0.25, 0.3) is 5.65 Å². The van der Waals surface area contributed by atoms with Crippen molar-refractivity contribution >= 4 is 17.4 Å². The third kappa shape index (κ3) is 4.48. The smallest absolute Gasteiger partial charge is 0.453 e. The summed E-state index contributed by atoms with van der Waals surface area (Å²) < 4.78 is 45.0. The highest BCUT2D eigenvalue weighted by Crippen LogP contribution is 2.28. The number of ether oxygens (including phenoxy) is 1. The molecule has 0 amide bonds. The molecule has 1 fully saturated rings. The van der Waals surface area contributed by atoms with Gasteiger partial charge in [0.25, 0.3) is 5.82 Å². The zero-order valence-corrected chi connectivity index (χ0v) is 15.2. The van der Waals surface area contributed by atoms with Crippen molar-refractivity contribution in [1.29, 1.82) is 0 Å². The first-order valence-corrected chi connectivity index (χ1v) is 8.97. The Hall–Kier alpha value is -2.39. The van der Waals surface area contributed by atoms with Crippen LogP contribution in [0.1, 0.15) is 38.9 Å². The lowest BCUT2D eigenvalue weighted by Gasteiger charge is -2.31. The fourth-order valence-electron chi connectivity index (χ4n) is 2.98. The SMILES string of the molecule is CC(C)CCOC(=O)C1CCN(c2ccc3nnc(C(F)(F)F)n3n2)CC1. The van der Waals surface area contributed by atoms with Gasteiger partial charge < -0.3 is 9.64 Å². The van der Waals surface area contributed by atoms with Gasteiger partial charge in [-0.25, -0.2) is 0 Å². The van der Waals surface area contributed by atoms with Crippen molar-refractivity contribution in [3.8, 4) is 0 Å². The van der Waals surface area contributed by atoms with Crippen molar-refractivity contribution in [1.82, 2.24) is 19.8 Å². The topological polar surface area (TPSA) is 72.6 Å². The second-order valence-electron chi connectivity index (χ2n) is 7.09. The van der Waals surface area contributed by atoms with Gasteiger partial charge in [-0.05, 0) is 37.3 Å². The Morgan fingerprint density at radius 3 is 2.59 bits per heavy atom. The molecule has 0 aliphatic carbocycles. The molecule has 0 radical (unpaired) electrons. The molecule has 3 rings (SSSR count). The van der Waals surface area contributed by atoms with Crippen molar-refractivity contribution in [3.63, 3.8) is 0 Å². The Morgan fingerprint density at radius 2 is 1.96 bits per heavy atom. The summed E-state index contributed by atoms with van der Waals surface area (Å²) in [6.45, 7) is 5.59. The van der Waals surface area contributed by atoms with Crippen LogP contribution >= 0.6 is 0 Å². The normalized spacial score (nSPS) is 16.3. The third-order valence-corrected chi connectivity index (χ3v) is 4.59. The van der Waals surface area contributed by atoms with E-state index in [9.17, 15) is 18.0 Å². The molecule has 2 aromatic rings. The molecule has 0 aromatic carbocycles. The van der Waals surface area contributed by atoms with Gasteiger partial charge in [-0.2, -0.15) is 17.7 Å². The van der Waals surface area contributed by atoms with E-state index in [4.69, 9.17) is 4.74 Å². The minimum atomic E-state index is -4.63. The maximum Gasteiger partial charge on any atom is 0.453 e. The zero-order valence-electron chi connectivity index (χ0n) is 15.2. The van der Waals surface area contributed by atoms with Gasteiger partial charge in [-0.15, -0.1) is 15.3 Å². The number of carbonyl (C=O) groups is 1. The predicted octanol–water partition coefficient (Wildman–Crippen LogP) is 2.95. The van der Waals surface area contributed by atoms with E-state index in [1.807, 2.05) is 4.90 Å². The second kappa shape index (κ2) is 7.69. The van der Waals surface area contributed by atoms with Crippen LogP contribution in [0.2, 0.25) is 0 Å². The maximum atomic E-state index is 13.0. The Labute approximate surface area is 154 Å². The van der Waals surface area contributed by atoms with Gasteiger partial charge in [0.2, 0.25) is 0 Å². The number of fused-ring (bicyclic) bond motifs is 1. The van der Waals surface area contributed by atoms with Gasteiger partial charge >= 0.3 is 12.1 Å². The molecule has 3 heterocycles. The molecule has 7 nitrogen and oxygen atoms in total. The summed E-state index contributed by atoms with van der Waals surface area (Å²) in [7, 11) is 0. The van der Waals surface area contributed by atoms with Crippen molar-refractivity contribution in [3.05, 3.63) is 18.0 Å². The van der Waals surface area contributed by atoms with Gasteiger partial charge in [-0.1, -0.05) is 13.8 Å².